The zero-order chi connectivity index (χ0) is 16.2. The Balaban J connectivity index is 2.01. The second-order valence-electron chi connectivity index (χ2n) is 7.47. The van der Waals surface area contributed by atoms with Crippen LogP contribution in [-0.4, -0.2) is 5.78 Å². The fraction of sp³-hybridized carbons (Fsp3) is 0.227. The van der Waals surface area contributed by atoms with Gasteiger partial charge in [0.25, 0.3) is 0 Å². The zero-order valence-electron chi connectivity index (χ0n) is 13.8. The van der Waals surface area contributed by atoms with Gasteiger partial charge >= 0.3 is 0 Å². The molecule has 23 heavy (non-hydrogen) atoms. The molecule has 0 spiro atoms. The van der Waals surface area contributed by atoms with Gasteiger partial charge in [0.1, 0.15) is 0 Å². The quantitative estimate of drug-likeness (QED) is 0.704. The fourth-order valence-corrected chi connectivity index (χ4v) is 3.91. The van der Waals surface area contributed by atoms with E-state index in [1.807, 2.05) is 30.3 Å². The fourth-order valence-electron chi connectivity index (χ4n) is 3.91. The number of rotatable bonds is 1. The van der Waals surface area contributed by atoms with Gasteiger partial charge in [-0.25, -0.2) is 0 Å². The Morgan fingerprint density at radius 2 is 1.48 bits per heavy atom. The van der Waals surface area contributed by atoms with Gasteiger partial charge in [-0.2, -0.15) is 0 Å². The molecular weight excluding hydrogens is 280 g/mol. The Hall–Kier alpha value is -2.41. The molecule has 2 aromatic rings. The molecule has 0 fully saturated rings. The maximum atomic E-state index is 13.3. The first kappa shape index (κ1) is 14.2. The summed E-state index contributed by atoms with van der Waals surface area (Å²) in [6.07, 6.45) is 2.22. The van der Waals surface area contributed by atoms with Crippen molar-refractivity contribution >= 4 is 23.0 Å². The van der Waals surface area contributed by atoms with Crippen LogP contribution in [0.25, 0.3) is 17.2 Å². The Morgan fingerprint density at radius 1 is 0.826 bits per heavy atom. The van der Waals surface area contributed by atoms with Crippen molar-refractivity contribution in [2.75, 3.05) is 0 Å². The maximum absolute atomic E-state index is 13.3. The number of carbonyl (C=O) groups excluding carboxylic acids is 1. The summed E-state index contributed by atoms with van der Waals surface area (Å²) in [6, 6.07) is 18.5. The summed E-state index contributed by atoms with van der Waals surface area (Å²) in [5.74, 6) is 0.194. The number of ketones is 1. The Bertz CT molecular complexity index is 860. The van der Waals surface area contributed by atoms with Gasteiger partial charge in [-0.3, -0.25) is 4.79 Å². The van der Waals surface area contributed by atoms with E-state index in [9.17, 15) is 4.79 Å². The summed E-state index contributed by atoms with van der Waals surface area (Å²) >= 11 is 0. The van der Waals surface area contributed by atoms with Crippen LogP contribution < -0.4 is 0 Å². The van der Waals surface area contributed by atoms with Gasteiger partial charge in [0.2, 0.25) is 0 Å². The molecule has 114 valence electrons. The molecule has 2 aliphatic carbocycles. The highest BCUT2D eigenvalue weighted by atomic mass is 16.1. The summed E-state index contributed by atoms with van der Waals surface area (Å²) in [6.45, 7) is 6.47. The lowest BCUT2D eigenvalue weighted by Gasteiger charge is -2.27. The Kier molecular flexibility index (Phi) is 2.96. The SMILES string of the molecule is CC(C)(C)C1C(=O)C(c2ccccc2)=C2C1=Cc1ccccc12. The first-order chi connectivity index (χ1) is 11.0. The zero-order valence-corrected chi connectivity index (χ0v) is 13.8. The van der Waals surface area contributed by atoms with Crippen molar-refractivity contribution in [3.05, 3.63) is 76.9 Å². The monoisotopic (exact) mass is 300 g/mol. The van der Waals surface area contributed by atoms with Crippen molar-refractivity contribution < 1.29 is 4.79 Å². The van der Waals surface area contributed by atoms with Crippen LogP contribution in [0, 0.1) is 11.3 Å². The number of Topliss-reactive ketones (excluding diaryl/α,β-unsaturated/α-hetero) is 1. The number of hydrogen-bond acceptors (Lipinski definition) is 1. The number of carbonyl (C=O) groups is 1. The van der Waals surface area contributed by atoms with Crippen LogP contribution in [0.2, 0.25) is 0 Å². The van der Waals surface area contributed by atoms with E-state index in [-0.39, 0.29) is 17.1 Å². The lowest BCUT2D eigenvalue weighted by molar-refractivity contribution is -0.118. The lowest BCUT2D eigenvalue weighted by Crippen LogP contribution is -2.26. The molecular formula is C22H20O. The molecule has 2 aliphatic rings. The summed E-state index contributed by atoms with van der Waals surface area (Å²) in [5.41, 5.74) is 6.60. The van der Waals surface area contributed by atoms with E-state index in [2.05, 4.69) is 51.1 Å². The van der Waals surface area contributed by atoms with Crippen LogP contribution in [0.15, 0.2) is 60.2 Å². The lowest BCUT2D eigenvalue weighted by atomic mass is 9.75. The van der Waals surface area contributed by atoms with E-state index in [1.54, 1.807) is 0 Å². The smallest absolute Gasteiger partial charge is 0.172 e. The van der Waals surface area contributed by atoms with E-state index in [0.29, 0.717) is 0 Å². The molecule has 0 heterocycles. The molecule has 1 unspecified atom stereocenters. The van der Waals surface area contributed by atoms with Crippen molar-refractivity contribution in [2.45, 2.75) is 20.8 Å². The molecule has 1 nitrogen and oxygen atoms in total. The van der Waals surface area contributed by atoms with Gasteiger partial charge in [0.15, 0.2) is 5.78 Å². The van der Waals surface area contributed by atoms with Crippen LogP contribution in [0.3, 0.4) is 0 Å². The molecule has 1 atom stereocenters. The van der Waals surface area contributed by atoms with Gasteiger partial charge in [0.05, 0.1) is 5.92 Å². The minimum atomic E-state index is -0.0905. The topological polar surface area (TPSA) is 17.1 Å². The summed E-state index contributed by atoms with van der Waals surface area (Å²) in [4.78, 5) is 13.3. The third-order valence-corrected chi connectivity index (χ3v) is 4.83. The van der Waals surface area contributed by atoms with Crippen molar-refractivity contribution in [3.8, 4) is 0 Å². The second-order valence-corrected chi connectivity index (χ2v) is 7.47. The summed E-state index contributed by atoms with van der Waals surface area (Å²) in [7, 11) is 0. The average Bonchev–Trinajstić information content (AvgIpc) is 3.00. The molecule has 0 aromatic heterocycles. The largest absolute Gasteiger partial charge is 0.293 e. The molecule has 0 radical (unpaired) electrons. The van der Waals surface area contributed by atoms with E-state index in [4.69, 9.17) is 0 Å². The molecule has 0 N–H and O–H groups in total. The second kappa shape index (κ2) is 4.79. The molecule has 4 rings (SSSR count). The van der Waals surface area contributed by atoms with E-state index in [0.717, 1.165) is 16.7 Å². The molecule has 0 saturated heterocycles. The first-order valence-corrected chi connectivity index (χ1v) is 8.14. The van der Waals surface area contributed by atoms with Crippen LogP contribution in [0.1, 0.15) is 37.5 Å². The van der Waals surface area contributed by atoms with Crippen LogP contribution in [0.4, 0.5) is 0 Å². The summed E-state index contributed by atoms with van der Waals surface area (Å²) in [5, 5.41) is 0. The van der Waals surface area contributed by atoms with Gasteiger partial charge in [-0.15, -0.1) is 0 Å². The number of benzene rings is 2. The number of allylic oxidation sites excluding steroid dienone is 3. The molecule has 0 aliphatic heterocycles. The first-order valence-electron chi connectivity index (χ1n) is 8.14. The van der Waals surface area contributed by atoms with Crippen molar-refractivity contribution in [2.24, 2.45) is 11.3 Å². The third kappa shape index (κ3) is 2.03. The van der Waals surface area contributed by atoms with E-state index >= 15 is 0 Å². The number of fused-ring (bicyclic) bond motifs is 3. The van der Waals surface area contributed by atoms with Crippen LogP contribution in [-0.2, 0) is 4.79 Å². The van der Waals surface area contributed by atoms with E-state index < -0.39 is 0 Å². The van der Waals surface area contributed by atoms with Crippen LogP contribution >= 0.6 is 0 Å². The molecule has 0 amide bonds. The highest BCUT2D eigenvalue weighted by Crippen LogP contribution is 2.54. The van der Waals surface area contributed by atoms with Crippen LogP contribution in [0.5, 0.6) is 0 Å². The highest BCUT2D eigenvalue weighted by molar-refractivity contribution is 6.38. The van der Waals surface area contributed by atoms with Gasteiger partial charge in [-0.1, -0.05) is 75.4 Å². The van der Waals surface area contributed by atoms with E-state index in [1.165, 1.54) is 16.7 Å². The third-order valence-electron chi connectivity index (χ3n) is 4.83. The standard InChI is InChI=1S/C22H20O/c1-22(2,3)20-17-13-15-11-7-8-12-16(15)19(17)18(21(20)23)14-9-5-4-6-10-14/h4-13,20H,1-3H3. The number of hydrogen-bond donors (Lipinski definition) is 0. The molecule has 2 aromatic carbocycles. The Labute approximate surface area is 137 Å². The molecule has 1 heteroatoms. The van der Waals surface area contributed by atoms with Crippen molar-refractivity contribution in [3.63, 3.8) is 0 Å². The molecule has 0 saturated carbocycles. The normalized spacial score (nSPS) is 19.7. The maximum Gasteiger partial charge on any atom is 0.172 e. The highest BCUT2D eigenvalue weighted by Gasteiger charge is 2.46. The minimum absolute atomic E-state index is 0.0693. The minimum Gasteiger partial charge on any atom is -0.293 e. The predicted molar refractivity (Wildman–Crippen MR) is 95.6 cm³/mol. The molecule has 0 bridgehead atoms. The predicted octanol–water partition coefficient (Wildman–Crippen LogP) is 5.24. The Morgan fingerprint density at radius 3 is 2.17 bits per heavy atom. The van der Waals surface area contributed by atoms with Crippen molar-refractivity contribution in [1.82, 2.24) is 0 Å². The van der Waals surface area contributed by atoms with Gasteiger partial charge in [-0.05, 0) is 39.3 Å². The summed E-state index contributed by atoms with van der Waals surface area (Å²) < 4.78 is 0. The average molecular weight is 300 g/mol. The van der Waals surface area contributed by atoms with Crippen molar-refractivity contribution in [1.29, 1.82) is 0 Å². The van der Waals surface area contributed by atoms with Gasteiger partial charge in [0, 0.05) is 5.57 Å². The van der Waals surface area contributed by atoms with Gasteiger partial charge < -0.3 is 0 Å².